The summed E-state index contributed by atoms with van der Waals surface area (Å²) in [7, 11) is 0. The van der Waals surface area contributed by atoms with Crippen LogP contribution in [0.5, 0.6) is 0 Å². The predicted molar refractivity (Wildman–Crippen MR) is 80.5 cm³/mol. The van der Waals surface area contributed by atoms with E-state index in [1.807, 2.05) is 30.3 Å². The molecule has 0 saturated carbocycles. The molecule has 3 nitrogen and oxygen atoms in total. The lowest BCUT2D eigenvalue weighted by Gasteiger charge is -2.11. The fraction of sp³-hybridized carbons (Fsp3) is 0.133. The lowest BCUT2D eigenvalue weighted by Crippen LogP contribution is -2.00. The molecule has 0 fully saturated rings. The Hall–Kier alpha value is -1.49. The molecule has 0 bridgehead atoms. The number of aromatic carboxylic acids is 1. The second kappa shape index (κ2) is 6.79. The third-order valence-corrected chi connectivity index (χ3v) is 4.15. The molecule has 0 aromatic heterocycles. The number of benzene rings is 2. The van der Waals surface area contributed by atoms with Crippen LogP contribution in [0.1, 0.15) is 22.0 Å². The monoisotopic (exact) mass is 308 g/mol. The lowest BCUT2D eigenvalue weighted by atomic mass is 10.1. The van der Waals surface area contributed by atoms with Crippen molar-refractivity contribution in [2.45, 2.75) is 11.0 Å². The van der Waals surface area contributed by atoms with Gasteiger partial charge in [-0.25, -0.2) is 4.79 Å². The van der Waals surface area contributed by atoms with Gasteiger partial charge in [0.25, 0.3) is 0 Å². The Morgan fingerprint density at radius 3 is 2.50 bits per heavy atom. The molecule has 0 saturated heterocycles. The molecule has 5 heteroatoms. The van der Waals surface area contributed by atoms with Gasteiger partial charge in [-0.05, 0) is 23.8 Å². The first kappa shape index (κ1) is 14.9. The van der Waals surface area contributed by atoms with Crippen molar-refractivity contribution in [1.82, 2.24) is 0 Å². The summed E-state index contributed by atoms with van der Waals surface area (Å²) in [6, 6.07) is 14.2. The van der Waals surface area contributed by atoms with Gasteiger partial charge >= 0.3 is 5.97 Å². The first-order valence-corrected chi connectivity index (χ1v) is 7.33. The third kappa shape index (κ3) is 3.76. The summed E-state index contributed by atoms with van der Waals surface area (Å²) in [4.78, 5) is 11.7. The molecule has 2 aromatic rings. The number of hydrogen-bond acceptors (Lipinski definition) is 3. The zero-order valence-corrected chi connectivity index (χ0v) is 12.1. The predicted octanol–water partition coefficient (Wildman–Crippen LogP) is 3.86. The van der Waals surface area contributed by atoms with Crippen molar-refractivity contribution in [3.63, 3.8) is 0 Å². The highest BCUT2D eigenvalue weighted by Gasteiger charge is 2.11. The molecular formula is C15H13ClO3S. The average molecular weight is 309 g/mol. The van der Waals surface area contributed by atoms with Crippen LogP contribution in [0.3, 0.4) is 0 Å². The summed E-state index contributed by atoms with van der Waals surface area (Å²) < 4.78 is 0. The fourth-order valence-corrected chi connectivity index (χ4v) is 2.94. The zero-order valence-electron chi connectivity index (χ0n) is 10.5. The van der Waals surface area contributed by atoms with Crippen molar-refractivity contribution in [2.24, 2.45) is 0 Å². The van der Waals surface area contributed by atoms with Crippen LogP contribution in [-0.2, 0) is 0 Å². The molecule has 2 aromatic carbocycles. The largest absolute Gasteiger partial charge is 0.478 e. The van der Waals surface area contributed by atoms with Crippen LogP contribution in [0.2, 0.25) is 5.02 Å². The molecule has 0 aliphatic rings. The SMILES string of the molecule is O=C(O)c1ccc(SC[C@@H](O)c2ccccc2)cc1Cl. The van der Waals surface area contributed by atoms with E-state index in [9.17, 15) is 9.90 Å². The van der Waals surface area contributed by atoms with E-state index in [0.717, 1.165) is 10.5 Å². The minimum atomic E-state index is -1.05. The Labute approximate surface area is 126 Å². The highest BCUT2D eigenvalue weighted by Crippen LogP contribution is 2.28. The van der Waals surface area contributed by atoms with Crippen LogP contribution < -0.4 is 0 Å². The number of carboxylic acids is 1. The second-order valence-electron chi connectivity index (χ2n) is 4.18. The van der Waals surface area contributed by atoms with Crippen LogP contribution in [0, 0.1) is 0 Å². The summed E-state index contributed by atoms with van der Waals surface area (Å²) in [5.41, 5.74) is 0.938. The fourth-order valence-electron chi connectivity index (χ4n) is 1.71. The Morgan fingerprint density at radius 1 is 1.20 bits per heavy atom. The van der Waals surface area contributed by atoms with Crippen LogP contribution in [0.15, 0.2) is 53.4 Å². The first-order valence-electron chi connectivity index (χ1n) is 5.96. The molecule has 104 valence electrons. The van der Waals surface area contributed by atoms with Crippen molar-refractivity contribution in [3.8, 4) is 0 Å². The zero-order chi connectivity index (χ0) is 14.5. The van der Waals surface area contributed by atoms with E-state index in [2.05, 4.69) is 0 Å². The maximum atomic E-state index is 10.9. The summed E-state index contributed by atoms with van der Waals surface area (Å²) in [5, 5.41) is 19.1. The van der Waals surface area contributed by atoms with E-state index in [4.69, 9.17) is 16.7 Å². The van der Waals surface area contributed by atoms with Gasteiger partial charge in [0.15, 0.2) is 0 Å². The number of rotatable bonds is 5. The summed E-state index contributed by atoms with van der Waals surface area (Å²) in [6.07, 6.45) is -0.570. The lowest BCUT2D eigenvalue weighted by molar-refractivity contribution is 0.0697. The van der Waals surface area contributed by atoms with E-state index >= 15 is 0 Å². The van der Waals surface area contributed by atoms with Crippen LogP contribution in [0.4, 0.5) is 0 Å². The maximum absolute atomic E-state index is 10.9. The van der Waals surface area contributed by atoms with Crippen LogP contribution >= 0.6 is 23.4 Å². The Kier molecular flexibility index (Phi) is 5.06. The quantitative estimate of drug-likeness (QED) is 0.823. The number of aliphatic hydroxyl groups excluding tert-OH is 1. The smallest absolute Gasteiger partial charge is 0.337 e. The van der Waals surface area contributed by atoms with Crippen molar-refractivity contribution >= 4 is 29.3 Å². The number of thioether (sulfide) groups is 1. The first-order chi connectivity index (χ1) is 9.58. The number of carbonyl (C=O) groups is 1. The van der Waals surface area contributed by atoms with Gasteiger partial charge in [-0.15, -0.1) is 11.8 Å². The molecule has 20 heavy (non-hydrogen) atoms. The summed E-state index contributed by atoms with van der Waals surface area (Å²) >= 11 is 7.33. The Bertz CT molecular complexity index is 601. The normalized spacial score (nSPS) is 12.1. The minimum absolute atomic E-state index is 0.0830. The van der Waals surface area contributed by atoms with Crippen LogP contribution in [-0.4, -0.2) is 21.9 Å². The van der Waals surface area contributed by atoms with E-state index in [0.29, 0.717) is 5.75 Å². The molecule has 0 spiro atoms. The molecule has 0 amide bonds. The number of carboxylic acid groups (broad SMARTS) is 1. The third-order valence-electron chi connectivity index (χ3n) is 2.76. The molecule has 0 unspecified atom stereocenters. The van der Waals surface area contributed by atoms with Gasteiger partial charge in [0.05, 0.1) is 16.7 Å². The minimum Gasteiger partial charge on any atom is -0.478 e. The number of aliphatic hydroxyl groups is 1. The van der Waals surface area contributed by atoms with E-state index in [1.54, 1.807) is 12.1 Å². The van der Waals surface area contributed by atoms with Gasteiger partial charge in [0, 0.05) is 10.6 Å². The van der Waals surface area contributed by atoms with Gasteiger partial charge in [0.2, 0.25) is 0 Å². The van der Waals surface area contributed by atoms with Crippen molar-refractivity contribution in [2.75, 3.05) is 5.75 Å². The summed E-state index contributed by atoms with van der Waals surface area (Å²) in [6.45, 7) is 0. The number of halogens is 1. The molecule has 0 radical (unpaired) electrons. The van der Waals surface area contributed by atoms with Crippen molar-refractivity contribution in [1.29, 1.82) is 0 Å². The van der Waals surface area contributed by atoms with Crippen molar-refractivity contribution in [3.05, 3.63) is 64.7 Å². The standard InChI is InChI=1S/C15H13ClO3S/c16-13-8-11(6-7-12(13)15(18)19)20-9-14(17)10-4-2-1-3-5-10/h1-8,14,17H,9H2,(H,18,19)/t14-/m1/s1. The Morgan fingerprint density at radius 2 is 1.90 bits per heavy atom. The van der Waals surface area contributed by atoms with Gasteiger partial charge in [-0.3, -0.25) is 0 Å². The molecule has 1 atom stereocenters. The molecule has 0 heterocycles. The topological polar surface area (TPSA) is 57.5 Å². The Balaban J connectivity index is 2.01. The molecule has 0 aliphatic carbocycles. The van der Waals surface area contributed by atoms with Crippen LogP contribution in [0.25, 0.3) is 0 Å². The second-order valence-corrected chi connectivity index (χ2v) is 5.68. The van der Waals surface area contributed by atoms with E-state index < -0.39 is 12.1 Å². The number of hydrogen-bond donors (Lipinski definition) is 2. The maximum Gasteiger partial charge on any atom is 0.337 e. The average Bonchev–Trinajstić information content (AvgIpc) is 2.45. The van der Waals surface area contributed by atoms with Gasteiger partial charge in [0.1, 0.15) is 0 Å². The highest BCUT2D eigenvalue weighted by atomic mass is 35.5. The highest BCUT2D eigenvalue weighted by molar-refractivity contribution is 7.99. The van der Waals surface area contributed by atoms with E-state index in [1.165, 1.54) is 17.8 Å². The summed E-state index contributed by atoms with van der Waals surface area (Å²) in [5.74, 6) is -0.567. The van der Waals surface area contributed by atoms with Gasteiger partial charge in [-0.2, -0.15) is 0 Å². The van der Waals surface area contributed by atoms with Crippen molar-refractivity contribution < 1.29 is 15.0 Å². The van der Waals surface area contributed by atoms with Gasteiger partial charge in [-0.1, -0.05) is 41.9 Å². The van der Waals surface area contributed by atoms with E-state index in [-0.39, 0.29) is 10.6 Å². The molecular weight excluding hydrogens is 296 g/mol. The molecule has 2 N–H and O–H groups in total. The molecule has 2 rings (SSSR count). The van der Waals surface area contributed by atoms with Gasteiger partial charge < -0.3 is 10.2 Å². The molecule has 0 aliphatic heterocycles.